The number of morpholine rings is 1. The minimum absolute atomic E-state index is 0.122. The number of hydrogen-bond acceptors (Lipinski definition) is 4. The van der Waals surface area contributed by atoms with E-state index < -0.39 is 0 Å². The predicted molar refractivity (Wildman–Crippen MR) is 86.6 cm³/mol. The van der Waals surface area contributed by atoms with Crippen molar-refractivity contribution in [1.29, 1.82) is 0 Å². The normalized spacial score (nSPS) is 16.2. The van der Waals surface area contributed by atoms with Crippen LogP contribution in [-0.2, 0) is 11.3 Å². The third-order valence-corrected chi connectivity index (χ3v) is 3.90. The van der Waals surface area contributed by atoms with Gasteiger partial charge in [0, 0.05) is 25.2 Å². The second-order valence-electron chi connectivity index (χ2n) is 5.19. The second-order valence-corrected chi connectivity index (χ2v) is 5.63. The fraction of sp³-hybridized carbons (Fsp3) is 0.333. The SMILES string of the molecule is NC(=S)c1cc2cc(CN3CCOCC3)ccc2[nH]c1=O. The van der Waals surface area contributed by atoms with Crippen molar-refractivity contribution in [2.75, 3.05) is 26.3 Å². The van der Waals surface area contributed by atoms with E-state index >= 15 is 0 Å². The van der Waals surface area contributed by atoms with Crippen LogP contribution in [0.25, 0.3) is 10.9 Å². The van der Waals surface area contributed by atoms with Crippen molar-refractivity contribution in [3.05, 3.63) is 45.7 Å². The van der Waals surface area contributed by atoms with Gasteiger partial charge in [0.25, 0.3) is 5.56 Å². The number of rotatable bonds is 3. The summed E-state index contributed by atoms with van der Waals surface area (Å²) >= 11 is 4.91. The van der Waals surface area contributed by atoms with E-state index in [2.05, 4.69) is 16.0 Å². The number of hydrogen-bond donors (Lipinski definition) is 2. The van der Waals surface area contributed by atoms with Crippen molar-refractivity contribution in [3.63, 3.8) is 0 Å². The fourth-order valence-electron chi connectivity index (χ4n) is 2.55. The molecule has 0 bridgehead atoms. The first-order valence-corrected chi connectivity index (χ1v) is 7.30. The number of pyridine rings is 1. The summed E-state index contributed by atoms with van der Waals surface area (Å²) in [5.41, 5.74) is 7.70. The first-order valence-electron chi connectivity index (χ1n) is 6.89. The molecule has 1 aliphatic heterocycles. The van der Waals surface area contributed by atoms with E-state index in [0.29, 0.717) is 5.56 Å². The summed E-state index contributed by atoms with van der Waals surface area (Å²) in [6.07, 6.45) is 0. The Labute approximate surface area is 127 Å². The highest BCUT2D eigenvalue weighted by Crippen LogP contribution is 2.16. The molecule has 110 valence electrons. The summed E-state index contributed by atoms with van der Waals surface area (Å²) in [6, 6.07) is 7.80. The minimum atomic E-state index is -0.240. The molecule has 5 nitrogen and oxygen atoms in total. The van der Waals surface area contributed by atoms with Gasteiger partial charge in [-0.15, -0.1) is 0 Å². The zero-order valence-electron chi connectivity index (χ0n) is 11.6. The van der Waals surface area contributed by atoms with Crippen molar-refractivity contribution in [2.24, 2.45) is 5.73 Å². The highest BCUT2D eigenvalue weighted by molar-refractivity contribution is 7.80. The molecule has 1 aliphatic rings. The molecule has 1 saturated heterocycles. The molecule has 0 aliphatic carbocycles. The summed E-state index contributed by atoms with van der Waals surface area (Å²) in [4.78, 5) is 17.1. The molecule has 0 amide bonds. The molecule has 0 spiro atoms. The molecule has 21 heavy (non-hydrogen) atoms. The van der Waals surface area contributed by atoms with Gasteiger partial charge in [0.05, 0.1) is 18.8 Å². The van der Waals surface area contributed by atoms with Crippen LogP contribution in [0.2, 0.25) is 0 Å². The van der Waals surface area contributed by atoms with Crippen molar-refractivity contribution < 1.29 is 4.74 Å². The van der Waals surface area contributed by atoms with Crippen LogP contribution in [0.15, 0.2) is 29.1 Å². The molecular weight excluding hydrogens is 286 g/mol. The molecule has 1 aromatic carbocycles. The van der Waals surface area contributed by atoms with Crippen LogP contribution in [0.3, 0.4) is 0 Å². The molecule has 3 rings (SSSR count). The lowest BCUT2D eigenvalue weighted by Crippen LogP contribution is -2.35. The monoisotopic (exact) mass is 303 g/mol. The number of H-pyrrole nitrogens is 1. The van der Waals surface area contributed by atoms with Crippen LogP contribution in [-0.4, -0.2) is 41.2 Å². The molecule has 0 unspecified atom stereocenters. The first-order chi connectivity index (χ1) is 10.1. The maximum absolute atomic E-state index is 11.8. The zero-order valence-corrected chi connectivity index (χ0v) is 12.4. The Kier molecular flexibility index (Phi) is 4.01. The second kappa shape index (κ2) is 5.93. The molecule has 0 atom stereocenters. The molecular formula is C15H17N3O2S. The average Bonchev–Trinajstić information content (AvgIpc) is 2.47. The number of nitrogens with zero attached hydrogens (tertiary/aromatic N) is 1. The van der Waals surface area contributed by atoms with Crippen molar-refractivity contribution in [2.45, 2.75) is 6.54 Å². The van der Waals surface area contributed by atoms with Gasteiger partial charge in [-0.3, -0.25) is 9.69 Å². The molecule has 1 fully saturated rings. The van der Waals surface area contributed by atoms with Crippen LogP contribution < -0.4 is 11.3 Å². The quantitative estimate of drug-likeness (QED) is 0.828. The fourth-order valence-corrected chi connectivity index (χ4v) is 2.71. The minimum Gasteiger partial charge on any atom is -0.389 e. The summed E-state index contributed by atoms with van der Waals surface area (Å²) in [6.45, 7) is 4.34. The van der Waals surface area contributed by atoms with Crippen molar-refractivity contribution in [3.8, 4) is 0 Å². The number of ether oxygens (including phenoxy) is 1. The number of thiocarbonyl (C=S) groups is 1. The zero-order chi connectivity index (χ0) is 14.8. The van der Waals surface area contributed by atoms with Gasteiger partial charge in [-0.2, -0.15) is 0 Å². The lowest BCUT2D eigenvalue weighted by molar-refractivity contribution is 0.0342. The van der Waals surface area contributed by atoms with Crippen LogP contribution in [0.1, 0.15) is 11.1 Å². The Hall–Kier alpha value is -1.76. The largest absolute Gasteiger partial charge is 0.389 e. The number of aromatic nitrogens is 1. The topological polar surface area (TPSA) is 71.3 Å². The van der Waals surface area contributed by atoms with Gasteiger partial charge in [-0.05, 0) is 29.1 Å². The van der Waals surface area contributed by atoms with Gasteiger partial charge in [0.2, 0.25) is 0 Å². The van der Waals surface area contributed by atoms with Crippen molar-refractivity contribution in [1.82, 2.24) is 9.88 Å². The molecule has 0 saturated carbocycles. The van der Waals surface area contributed by atoms with Gasteiger partial charge in [0.1, 0.15) is 4.99 Å². The Balaban J connectivity index is 1.92. The molecule has 3 N–H and O–H groups in total. The van der Waals surface area contributed by atoms with E-state index in [1.54, 1.807) is 6.07 Å². The summed E-state index contributed by atoms with van der Waals surface area (Å²) in [5, 5.41) is 0.947. The standard InChI is InChI=1S/C15H17N3O2S/c16-14(21)12-8-11-7-10(1-2-13(11)17-15(12)19)9-18-3-5-20-6-4-18/h1-2,7-8H,3-6,9H2,(H2,16,21)(H,17,19). The number of nitrogens with two attached hydrogens (primary N) is 1. The van der Waals surface area contributed by atoms with Gasteiger partial charge in [-0.25, -0.2) is 0 Å². The summed E-state index contributed by atoms with van der Waals surface area (Å²) in [5.74, 6) is 0. The number of nitrogens with one attached hydrogen (secondary N) is 1. The van der Waals surface area contributed by atoms with Crippen LogP contribution in [0, 0.1) is 0 Å². The predicted octanol–water partition coefficient (Wildman–Crippen LogP) is 0.995. The smallest absolute Gasteiger partial charge is 0.258 e. The van der Waals surface area contributed by atoms with Gasteiger partial charge >= 0.3 is 0 Å². The maximum atomic E-state index is 11.8. The molecule has 6 heteroatoms. The van der Waals surface area contributed by atoms with Gasteiger partial charge in [-0.1, -0.05) is 18.3 Å². The van der Waals surface area contributed by atoms with E-state index in [4.69, 9.17) is 22.7 Å². The van der Waals surface area contributed by atoms with Crippen LogP contribution >= 0.6 is 12.2 Å². The maximum Gasteiger partial charge on any atom is 0.258 e. The third-order valence-electron chi connectivity index (χ3n) is 3.68. The van der Waals surface area contributed by atoms with E-state index in [1.165, 1.54) is 5.56 Å². The van der Waals surface area contributed by atoms with E-state index in [0.717, 1.165) is 43.8 Å². The Morgan fingerprint density at radius 2 is 2.10 bits per heavy atom. The number of fused-ring (bicyclic) bond motifs is 1. The lowest BCUT2D eigenvalue weighted by atomic mass is 10.1. The third kappa shape index (κ3) is 3.12. The van der Waals surface area contributed by atoms with E-state index in [1.807, 2.05) is 12.1 Å². The van der Waals surface area contributed by atoms with Gasteiger partial charge in [0.15, 0.2) is 0 Å². The lowest BCUT2D eigenvalue weighted by Gasteiger charge is -2.26. The highest BCUT2D eigenvalue weighted by atomic mass is 32.1. The highest BCUT2D eigenvalue weighted by Gasteiger charge is 2.11. The number of aromatic amines is 1. The molecule has 0 radical (unpaired) electrons. The van der Waals surface area contributed by atoms with Gasteiger partial charge < -0.3 is 15.5 Å². The summed E-state index contributed by atoms with van der Waals surface area (Å²) in [7, 11) is 0. The Morgan fingerprint density at radius 3 is 2.81 bits per heavy atom. The molecule has 2 aromatic rings. The van der Waals surface area contributed by atoms with E-state index in [9.17, 15) is 4.79 Å². The van der Waals surface area contributed by atoms with Crippen LogP contribution in [0.4, 0.5) is 0 Å². The Bertz CT molecular complexity index is 735. The average molecular weight is 303 g/mol. The van der Waals surface area contributed by atoms with Crippen molar-refractivity contribution >= 4 is 28.1 Å². The Morgan fingerprint density at radius 1 is 1.33 bits per heavy atom. The molecule has 1 aromatic heterocycles. The molecule has 2 heterocycles. The van der Waals surface area contributed by atoms with E-state index in [-0.39, 0.29) is 10.5 Å². The summed E-state index contributed by atoms with van der Waals surface area (Å²) < 4.78 is 5.35. The number of benzene rings is 1. The van der Waals surface area contributed by atoms with Crippen LogP contribution in [0.5, 0.6) is 0 Å². The first kappa shape index (κ1) is 14.2.